The van der Waals surface area contributed by atoms with E-state index < -0.39 is 6.09 Å². The Morgan fingerprint density at radius 1 is 1.25 bits per heavy atom. The Morgan fingerprint density at radius 2 is 2.09 bits per heavy atom. The molecule has 0 saturated carbocycles. The van der Waals surface area contributed by atoms with Crippen molar-refractivity contribution in [3.05, 3.63) is 53.6 Å². The highest BCUT2D eigenvalue weighted by molar-refractivity contribution is 6.33. The van der Waals surface area contributed by atoms with Crippen molar-refractivity contribution < 1.29 is 14.3 Å². The van der Waals surface area contributed by atoms with Gasteiger partial charge in [-0.05, 0) is 37.6 Å². The highest BCUT2D eigenvalue weighted by atomic mass is 35.5. The maximum absolute atomic E-state index is 11.6. The van der Waals surface area contributed by atoms with Crippen molar-refractivity contribution in [1.29, 1.82) is 0 Å². The van der Waals surface area contributed by atoms with Gasteiger partial charge in [-0.3, -0.25) is 10.4 Å². The van der Waals surface area contributed by atoms with Crippen molar-refractivity contribution in [2.45, 2.75) is 13.8 Å². The maximum Gasteiger partial charge on any atom is 0.412 e. The van der Waals surface area contributed by atoms with Gasteiger partial charge >= 0.3 is 6.09 Å². The molecule has 0 radical (unpaired) electrons. The van der Waals surface area contributed by atoms with Crippen molar-refractivity contribution in [2.75, 3.05) is 19.0 Å². The number of ether oxygens (including phenoxy) is 2. The fourth-order valence-electron chi connectivity index (χ4n) is 3.13. The van der Waals surface area contributed by atoms with Crippen LogP contribution in [-0.4, -0.2) is 49.8 Å². The zero-order valence-corrected chi connectivity index (χ0v) is 18.3. The molecular formula is C21H20ClN7O3. The second-order valence-electron chi connectivity index (χ2n) is 6.72. The largest absolute Gasteiger partial charge is 0.494 e. The van der Waals surface area contributed by atoms with E-state index in [9.17, 15) is 4.79 Å². The highest BCUT2D eigenvalue weighted by Crippen LogP contribution is 2.36. The molecule has 0 aliphatic rings. The summed E-state index contributed by atoms with van der Waals surface area (Å²) in [5, 5.41) is 14.6. The van der Waals surface area contributed by atoms with Crippen molar-refractivity contribution in [3.8, 4) is 34.1 Å². The molecule has 0 aliphatic carbocycles. The van der Waals surface area contributed by atoms with Gasteiger partial charge in [-0.15, -0.1) is 0 Å². The van der Waals surface area contributed by atoms with Gasteiger partial charge in [-0.1, -0.05) is 11.6 Å². The number of aromatic nitrogens is 6. The zero-order valence-electron chi connectivity index (χ0n) is 17.6. The molecule has 0 spiro atoms. The molecule has 0 aliphatic heterocycles. The number of pyridine rings is 1. The molecule has 11 heteroatoms. The Bertz CT molecular complexity index is 1250. The molecule has 0 fully saturated rings. The minimum atomic E-state index is -0.614. The van der Waals surface area contributed by atoms with E-state index in [1.54, 1.807) is 23.0 Å². The zero-order chi connectivity index (χ0) is 22.7. The Balaban J connectivity index is 1.83. The number of hydrogen-bond donors (Lipinski definition) is 2. The number of amides is 1. The number of rotatable bonds is 6. The van der Waals surface area contributed by atoms with Crippen molar-refractivity contribution in [3.63, 3.8) is 0 Å². The molecule has 4 rings (SSSR count). The van der Waals surface area contributed by atoms with Crippen LogP contribution in [0.5, 0.6) is 5.75 Å². The molecule has 0 saturated heterocycles. The predicted molar refractivity (Wildman–Crippen MR) is 119 cm³/mol. The summed E-state index contributed by atoms with van der Waals surface area (Å²) in [6, 6.07) is 7.14. The Labute approximate surface area is 188 Å². The summed E-state index contributed by atoms with van der Waals surface area (Å²) in [5.74, 6) is 1.54. The van der Waals surface area contributed by atoms with Gasteiger partial charge in [0.05, 0.1) is 30.0 Å². The minimum Gasteiger partial charge on any atom is -0.494 e. The third-order valence-electron chi connectivity index (χ3n) is 4.63. The van der Waals surface area contributed by atoms with E-state index in [1.165, 1.54) is 13.4 Å². The maximum atomic E-state index is 11.6. The monoisotopic (exact) mass is 453 g/mol. The Hall–Kier alpha value is -3.92. The number of anilines is 1. The number of halogens is 1. The smallest absolute Gasteiger partial charge is 0.412 e. The van der Waals surface area contributed by atoms with Crippen molar-refractivity contribution >= 4 is 23.5 Å². The van der Waals surface area contributed by atoms with E-state index >= 15 is 0 Å². The van der Waals surface area contributed by atoms with Gasteiger partial charge in [0.1, 0.15) is 23.6 Å². The van der Waals surface area contributed by atoms with E-state index in [4.69, 9.17) is 21.4 Å². The lowest BCUT2D eigenvalue weighted by Crippen LogP contribution is -2.13. The number of hydrogen-bond acceptors (Lipinski definition) is 7. The van der Waals surface area contributed by atoms with Crippen LogP contribution in [0.3, 0.4) is 0 Å². The first-order valence-electron chi connectivity index (χ1n) is 9.70. The summed E-state index contributed by atoms with van der Waals surface area (Å²) in [6.45, 7) is 4.34. The first-order chi connectivity index (χ1) is 15.5. The third kappa shape index (κ3) is 4.26. The number of carbonyl (C=O) groups excluding carboxylic acids is 1. The molecule has 0 bridgehead atoms. The quantitative estimate of drug-likeness (QED) is 0.447. The molecule has 32 heavy (non-hydrogen) atoms. The number of H-pyrrole nitrogens is 1. The van der Waals surface area contributed by atoms with Gasteiger partial charge in [-0.2, -0.15) is 10.2 Å². The van der Waals surface area contributed by atoms with Crippen LogP contribution in [-0.2, 0) is 4.74 Å². The second kappa shape index (κ2) is 9.06. The van der Waals surface area contributed by atoms with Gasteiger partial charge in [0.25, 0.3) is 0 Å². The van der Waals surface area contributed by atoms with Crippen LogP contribution in [0, 0.1) is 6.92 Å². The van der Waals surface area contributed by atoms with E-state index in [1.807, 2.05) is 32.2 Å². The van der Waals surface area contributed by atoms with Crippen LogP contribution < -0.4 is 10.1 Å². The van der Waals surface area contributed by atoms with Crippen LogP contribution in [0.1, 0.15) is 12.5 Å². The number of carbonyl (C=O) groups is 1. The Morgan fingerprint density at radius 3 is 2.78 bits per heavy atom. The van der Waals surface area contributed by atoms with E-state index in [0.717, 1.165) is 5.56 Å². The third-order valence-corrected chi connectivity index (χ3v) is 4.94. The average molecular weight is 454 g/mol. The molecule has 10 nitrogen and oxygen atoms in total. The SMILES string of the molecule is CCOc1ccc(-c2nn(-c3cc(NC(=O)OC)ncc3C)cc2-c2ncn[nH]2)c(Cl)c1. The number of aromatic amines is 1. The molecule has 3 aromatic heterocycles. The lowest BCUT2D eigenvalue weighted by atomic mass is 10.1. The van der Waals surface area contributed by atoms with Gasteiger partial charge in [-0.25, -0.2) is 19.4 Å². The number of aryl methyl sites for hydroxylation is 1. The topological polar surface area (TPSA) is 120 Å². The number of benzene rings is 1. The average Bonchev–Trinajstić information content (AvgIpc) is 3.45. The van der Waals surface area contributed by atoms with Gasteiger partial charge in [0, 0.05) is 24.0 Å². The summed E-state index contributed by atoms with van der Waals surface area (Å²) in [5.41, 5.74) is 3.57. The molecule has 0 unspecified atom stereocenters. The predicted octanol–water partition coefficient (Wildman–Crippen LogP) is 4.26. The minimum absolute atomic E-state index is 0.329. The highest BCUT2D eigenvalue weighted by Gasteiger charge is 2.20. The summed E-state index contributed by atoms with van der Waals surface area (Å²) < 4.78 is 11.9. The molecule has 2 N–H and O–H groups in total. The number of nitrogens with one attached hydrogen (secondary N) is 2. The Kier molecular flexibility index (Phi) is 6.04. The standard InChI is InChI=1S/C21H20ClN7O3/c1-4-32-13-5-6-14(16(22)7-13)19-15(20-24-11-25-27-20)10-29(28-19)17-8-18(23-9-12(17)2)26-21(30)31-3/h5-11H,4H2,1-3H3,(H,23,26,30)(H,24,25,27). The van der Waals surface area contributed by atoms with Crippen molar-refractivity contribution in [2.24, 2.45) is 0 Å². The fourth-order valence-corrected chi connectivity index (χ4v) is 3.39. The fraction of sp³-hybridized carbons (Fsp3) is 0.190. The van der Waals surface area contributed by atoms with E-state index in [2.05, 4.69) is 30.2 Å². The molecule has 164 valence electrons. The van der Waals surface area contributed by atoms with Crippen LogP contribution >= 0.6 is 11.6 Å². The lowest BCUT2D eigenvalue weighted by Gasteiger charge is -2.09. The molecule has 0 atom stereocenters. The first-order valence-corrected chi connectivity index (χ1v) is 10.1. The summed E-state index contributed by atoms with van der Waals surface area (Å²) in [4.78, 5) is 20.1. The van der Waals surface area contributed by atoms with Gasteiger partial charge < -0.3 is 9.47 Å². The van der Waals surface area contributed by atoms with Crippen LogP contribution in [0.25, 0.3) is 28.3 Å². The molecule has 1 aromatic carbocycles. The molecular weight excluding hydrogens is 434 g/mol. The molecule has 1 amide bonds. The summed E-state index contributed by atoms with van der Waals surface area (Å²) in [7, 11) is 1.29. The first kappa shape index (κ1) is 21.3. The van der Waals surface area contributed by atoms with E-state index in [-0.39, 0.29) is 0 Å². The second-order valence-corrected chi connectivity index (χ2v) is 7.12. The number of nitrogens with zero attached hydrogens (tertiary/aromatic N) is 5. The number of methoxy groups -OCH3 is 1. The molecule has 3 heterocycles. The van der Waals surface area contributed by atoms with Crippen LogP contribution in [0.4, 0.5) is 10.6 Å². The van der Waals surface area contributed by atoms with Gasteiger partial charge in [0.15, 0.2) is 5.82 Å². The summed E-state index contributed by atoms with van der Waals surface area (Å²) in [6.07, 6.45) is 4.26. The van der Waals surface area contributed by atoms with Gasteiger partial charge in [0.2, 0.25) is 0 Å². The van der Waals surface area contributed by atoms with Crippen LogP contribution in [0.15, 0.2) is 43.0 Å². The normalized spacial score (nSPS) is 10.8. The lowest BCUT2D eigenvalue weighted by molar-refractivity contribution is 0.187. The van der Waals surface area contributed by atoms with Crippen LogP contribution in [0.2, 0.25) is 5.02 Å². The molecule has 4 aromatic rings. The van der Waals surface area contributed by atoms with Crippen molar-refractivity contribution in [1.82, 2.24) is 29.9 Å². The van der Waals surface area contributed by atoms with E-state index in [0.29, 0.717) is 51.5 Å². The summed E-state index contributed by atoms with van der Waals surface area (Å²) >= 11 is 6.57.